The highest BCUT2D eigenvalue weighted by atomic mass is 79.9. The lowest BCUT2D eigenvalue weighted by Gasteiger charge is -2.27. The van der Waals surface area contributed by atoms with E-state index >= 15 is 0 Å². The number of carbonyl (C=O) groups is 1. The molecule has 0 aromatic heterocycles. The summed E-state index contributed by atoms with van der Waals surface area (Å²) in [4.78, 5) is 15.9. The minimum atomic E-state index is 0.126. The summed E-state index contributed by atoms with van der Waals surface area (Å²) in [5.41, 5.74) is 2.35. The molecule has 5 heteroatoms. The van der Waals surface area contributed by atoms with Crippen LogP contribution in [0.3, 0.4) is 0 Å². The number of amides is 1. The van der Waals surface area contributed by atoms with Crippen molar-refractivity contribution in [3.63, 3.8) is 0 Å². The van der Waals surface area contributed by atoms with Crippen LogP contribution in [0.1, 0.15) is 25.8 Å². The monoisotopic (exact) mass is 355 g/mol. The molecule has 1 N–H and O–H groups in total. The van der Waals surface area contributed by atoms with Crippen molar-refractivity contribution in [2.24, 2.45) is 0 Å². The van der Waals surface area contributed by atoms with E-state index in [9.17, 15) is 4.79 Å². The lowest BCUT2D eigenvalue weighted by Crippen LogP contribution is -2.37. The lowest BCUT2D eigenvalue weighted by molar-refractivity contribution is -0.127. The standard InChI is InChI=1S/C16H26BrN3O/c1-5-9-20(12-16(21)19(3)4)15-8-7-14(17)10-13(15)11-18-6-2/h7-8,10,18H,5-6,9,11-12H2,1-4H3. The third-order valence-electron chi connectivity index (χ3n) is 3.27. The number of halogens is 1. The number of anilines is 1. The van der Waals surface area contributed by atoms with Crippen LogP contribution in [0.4, 0.5) is 5.69 Å². The first-order valence-corrected chi connectivity index (χ1v) is 8.23. The van der Waals surface area contributed by atoms with Crippen LogP contribution >= 0.6 is 15.9 Å². The van der Waals surface area contributed by atoms with Crippen LogP contribution in [-0.2, 0) is 11.3 Å². The minimum Gasteiger partial charge on any atom is -0.362 e. The second kappa shape index (κ2) is 9.05. The van der Waals surface area contributed by atoms with E-state index in [2.05, 4.69) is 52.1 Å². The van der Waals surface area contributed by atoms with E-state index in [1.807, 2.05) is 6.07 Å². The zero-order chi connectivity index (χ0) is 15.8. The smallest absolute Gasteiger partial charge is 0.241 e. The highest BCUT2D eigenvalue weighted by molar-refractivity contribution is 9.10. The van der Waals surface area contributed by atoms with Crippen molar-refractivity contribution >= 4 is 27.5 Å². The number of nitrogens with one attached hydrogen (secondary N) is 1. The summed E-state index contributed by atoms with van der Waals surface area (Å²) in [6, 6.07) is 6.25. The van der Waals surface area contributed by atoms with Gasteiger partial charge < -0.3 is 15.1 Å². The number of carbonyl (C=O) groups excluding carboxylic acids is 1. The van der Waals surface area contributed by atoms with E-state index < -0.39 is 0 Å². The zero-order valence-electron chi connectivity index (χ0n) is 13.4. The van der Waals surface area contributed by atoms with E-state index in [1.54, 1.807) is 19.0 Å². The number of benzene rings is 1. The Labute approximate surface area is 136 Å². The van der Waals surface area contributed by atoms with Crippen molar-refractivity contribution in [2.45, 2.75) is 26.8 Å². The molecule has 1 aromatic carbocycles. The average Bonchev–Trinajstić information content (AvgIpc) is 2.44. The molecule has 21 heavy (non-hydrogen) atoms. The Balaban J connectivity index is 3.02. The predicted octanol–water partition coefficient (Wildman–Crippen LogP) is 2.86. The molecule has 0 atom stereocenters. The summed E-state index contributed by atoms with van der Waals surface area (Å²) >= 11 is 3.53. The summed E-state index contributed by atoms with van der Waals surface area (Å²) in [5.74, 6) is 0.126. The Morgan fingerprint density at radius 3 is 2.57 bits per heavy atom. The number of nitrogens with zero attached hydrogens (tertiary/aromatic N) is 2. The molecule has 1 rings (SSSR count). The molecule has 118 valence electrons. The molecule has 1 amide bonds. The van der Waals surface area contributed by atoms with Gasteiger partial charge in [-0.3, -0.25) is 4.79 Å². The Bertz CT molecular complexity index is 463. The van der Waals surface area contributed by atoms with Crippen molar-refractivity contribution in [3.8, 4) is 0 Å². The van der Waals surface area contributed by atoms with Gasteiger partial charge in [0.15, 0.2) is 0 Å². The molecule has 0 radical (unpaired) electrons. The largest absolute Gasteiger partial charge is 0.362 e. The number of rotatable bonds is 8. The van der Waals surface area contributed by atoms with Crippen LogP contribution in [-0.4, -0.2) is 44.5 Å². The van der Waals surface area contributed by atoms with E-state index in [0.29, 0.717) is 6.54 Å². The number of hydrogen-bond donors (Lipinski definition) is 1. The average molecular weight is 356 g/mol. The summed E-state index contributed by atoms with van der Waals surface area (Å²) in [5, 5.41) is 3.36. The van der Waals surface area contributed by atoms with Crippen LogP contribution in [0.5, 0.6) is 0 Å². The first kappa shape index (κ1) is 18.0. The molecular weight excluding hydrogens is 330 g/mol. The molecule has 0 fully saturated rings. The maximum absolute atomic E-state index is 12.1. The molecule has 4 nitrogen and oxygen atoms in total. The van der Waals surface area contributed by atoms with Crippen LogP contribution in [0.25, 0.3) is 0 Å². The first-order chi connectivity index (χ1) is 9.99. The van der Waals surface area contributed by atoms with Crippen molar-refractivity contribution < 1.29 is 4.79 Å². The Kier molecular flexibility index (Phi) is 7.75. The van der Waals surface area contributed by atoms with Gasteiger partial charge >= 0.3 is 0 Å². The molecule has 0 aliphatic heterocycles. The van der Waals surface area contributed by atoms with Gasteiger partial charge in [-0.1, -0.05) is 29.8 Å². The second-order valence-electron chi connectivity index (χ2n) is 5.26. The number of likely N-dealkylation sites (N-methyl/N-ethyl adjacent to an activating group) is 1. The highest BCUT2D eigenvalue weighted by Gasteiger charge is 2.15. The van der Waals surface area contributed by atoms with Crippen molar-refractivity contribution in [1.82, 2.24) is 10.2 Å². The van der Waals surface area contributed by atoms with Crippen LogP contribution in [0, 0.1) is 0 Å². The Hall–Kier alpha value is -1.07. The fourth-order valence-corrected chi connectivity index (χ4v) is 2.53. The maximum atomic E-state index is 12.1. The van der Waals surface area contributed by atoms with Gasteiger partial charge in [0.2, 0.25) is 5.91 Å². The van der Waals surface area contributed by atoms with Gasteiger partial charge in [-0.25, -0.2) is 0 Å². The van der Waals surface area contributed by atoms with Crippen molar-refractivity contribution in [2.75, 3.05) is 38.6 Å². The van der Waals surface area contributed by atoms with Gasteiger partial charge in [-0.15, -0.1) is 0 Å². The van der Waals surface area contributed by atoms with Crippen LogP contribution < -0.4 is 10.2 Å². The molecule has 0 aliphatic carbocycles. The van der Waals surface area contributed by atoms with Crippen molar-refractivity contribution in [3.05, 3.63) is 28.2 Å². The van der Waals surface area contributed by atoms with Gasteiger partial charge in [0.05, 0.1) is 6.54 Å². The van der Waals surface area contributed by atoms with E-state index in [0.717, 1.165) is 36.2 Å². The van der Waals surface area contributed by atoms with E-state index in [4.69, 9.17) is 0 Å². The Morgan fingerprint density at radius 2 is 2.00 bits per heavy atom. The molecule has 1 aromatic rings. The Morgan fingerprint density at radius 1 is 1.29 bits per heavy atom. The van der Waals surface area contributed by atoms with E-state index in [-0.39, 0.29) is 5.91 Å². The topological polar surface area (TPSA) is 35.6 Å². The molecule has 0 bridgehead atoms. The van der Waals surface area contributed by atoms with Crippen molar-refractivity contribution in [1.29, 1.82) is 0 Å². The molecule has 0 saturated carbocycles. The maximum Gasteiger partial charge on any atom is 0.241 e. The first-order valence-electron chi connectivity index (χ1n) is 7.43. The number of hydrogen-bond acceptors (Lipinski definition) is 3. The van der Waals surface area contributed by atoms with Gasteiger partial charge in [-0.05, 0) is 36.7 Å². The molecule has 0 unspecified atom stereocenters. The summed E-state index contributed by atoms with van der Waals surface area (Å²) < 4.78 is 1.06. The quantitative estimate of drug-likeness (QED) is 0.778. The molecule has 0 spiro atoms. The van der Waals surface area contributed by atoms with Gasteiger partial charge in [0, 0.05) is 37.3 Å². The predicted molar refractivity (Wildman–Crippen MR) is 92.7 cm³/mol. The zero-order valence-corrected chi connectivity index (χ0v) is 15.0. The molecular formula is C16H26BrN3O. The molecule has 0 saturated heterocycles. The summed E-state index contributed by atoms with van der Waals surface area (Å²) in [6.07, 6.45) is 1.01. The third kappa shape index (κ3) is 5.67. The normalized spacial score (nSPS) is 10.5. The van der Waals surface area contributed by atoms with Crippen LogP contribution in [0.15, 0.2) is 22.7 Å². The fourth-order valence-electron chi connectivity index (χ4n) is 2.12. The second-order valence-corrected chi connectivity index (χ2v) is 6.18. The third-order valence-corrected chi connectivity index (χ3v) is 3.76. The summed E-state index contributed by atoms with van der Waals surface area (Å²) in [7, 11) is 3.60. The van der Waals surface area contributed by atoms with Gasteiger partial charge in [0.1, 0.15) is 0 Å². The van der Waals surface area contributed by atoms with E-state index in [1.165, 1.54) is 5.56 Å². The highest BCUT2D eigenvalue weighted by Crippen LogP contribution is 2.25. The fraction of sp³-hybridized carbons (Fsp3) is 0.562. The SMILES string of the molecule is CCCN(CC(=O)N(C)C)c1ccc(Br)cc1CNCC. The van der Waals surface area contributed by atoms with Gasteiger partial charge in [0.25, 0.3) is 0 Å². The van der Waals surface area contributed by atoms with Crippen LogP contribution in [0.2, 0.25) is 0 Å². The lowest BCUT2D eigenvalue weighted by atomic mass is 10.1. The minimum absolute atomic E-state index is 0.126. The summed E-state index contributed by atoms with van der Waals surface area (Å²) in [6.45, 7) is 7.26. The molecule has 0 aliphatic rings. The van der Waals surface area contributed by atoms with Gasteiger partial charge in [-0.2, -0.15) is 0 Å². The molecule has 0 heterocycles.